The molecule has 0 aromatic heterocycles. The number of nitro groups is 1. The average Bonchev–Trinajstić information content (AvgIpc) is 2.37. The van der Waals surface area contributed by atoms with Gasteiger partial charge in [-0.25, -0.2) is 13.1 Å². The molecule has 1 rings (SSSR count). The first-order chi connectivity index (χ1) is 9.72. The van der Waals surface area contributed by atoms with Crippen LogP contribution in [0.4, 0.5) is 5.69 Å². The second-order valence-electron chi connectivity index (χ2n) is 4.84. The van der Waals surface area contributed by atoms with Crippen LogP contribution in [0, 0.1) is 17.0 Å². The molecule has 0 fully saturated rings. The van der Waals surface area contributed by atoms with Crippen molar-refractivity contribution in [2.45, 2.75) is 51.0 Å². The molecular weight excluding hydrogens is 316 g/mol. The van der Waals surface area contributed by atoms with Gasteiger partial charge in [-0.15, -0.1) is 0 Å². The highest BCUT2D eigenvalue weighted by atomic mass is 35.5. The summed E-state index contributed by atoms with van der Waals surface area (Å²) in [5.41, 5.74) is -0.0318. The molecule has 1 aromatic rings. The van der Waals surface area contributed by atoms with Crippen molar-refractivity contribution in [1.29, 1.82) is 0 Å². The van der Waals surface area contributed by atoms with Gasteiger partial charge in [-0.05, 0) is 31.4 Å². The second kappa shape index (κ2) is 7.20. The lowest BCUT2D eigenvalue weighted by Crippen LogP contribution is -2.34. The molecule has 0 aliphatic heterocycles. The minimum atomic E-state index is -3.81. The molecule has 1 atom stereocenters. The Morgan fingerprint density at radius 2 is 2.00 bits per heavy atom. The zero-order valence-corrected chi connectivity index (χ0v) is 13.8. The van der Waals surface area contributed by atoms with Crippen LogP contribution < -0.4 is 4.72 Å². The summed E-state index contributed by atoms with van der Waals surface area (Å²) in [5.74, 6) is 0. The third kappa shape index (κ3) is 4.39. The number of rotatable bonds is 7. The quantitative estimate of drug-likeness (QED) is 0.611. The molecule has 0 saturated carbocycles. The maximum Gasteiger partial charge on any atom is 0.289 e. The summed E-state index contributed by atoms with van der Waals surface area (Å²) in [4.78, 5) is 10.1. The predicted molar refractivity (Wildman–Crippen MR) is 82.2 cm³/mol. The zero-order chi connectivity index (χ0) is 16.2. The summed E-state index contributed by atoms with van der Waals surface area (Å²) in [6.45, 7) is 5.42. The van der Waals surface area contributed by atoms with Crippen molar-refractivity contribution in [2.24, 2.45) is 0 Å². The van der Waals surface area contributed by atoms with Gasteiger partial charge in [0.15, 0.2) is 0 Å². The van der Waals surface area contributed by atoms with Crippen LogP contribution in [0.15, 0.2) is 17.0 Å². The molecule has 0 spiro atoms. The van der Waals surface area contributed by atoms with Gasteiger partial charge >= 0.3 is 0 Å². The van der Waals surface area contributed by atoms with E-state index in [0.717, 1.165) is 12.5 Å². The summed E-state index contributed by atoms with van der Waals surface area (Å²) in [5, 5.41) is 10.8. The molecule has 6 nitrogen and oxygen atoms in total. The number of nitrogens with one attached hydrogen (secondary N) is 1. The largest absolute Gasteiger partial charge is 0.289 e. The SMILES string of the molecule is CCCC(CC)NS(=O)(=O)c1cc([N+](=O)[O-])c(Cl)cc1C. The Bertz CT molecular complexity index is 631. The van der Waals surface area contributed by atoms with Crippen LogP contribution >= 0.6 is 11.6 Å². The first-order valence-electron chi connectivity index (χ1n) is 6.69. The number of sulfonamides is 1. The standard InChI is InChI=1S/C13H19ClN2O4S/c1-4-6-10(5-2)15-21(19,20)13-8-12(16(17)18)11(14)7-9(13)3/h7-8,10,15H,4-6H2,1-3H3. The minimum Gasteiger partial charge on any atom is -0.258 e. The van der Waals surface area contributed by atoms with Crippen LogP contribution in [0.1, 0.15) is 38.7 Å². The number of hydrogen-bond acceptors (Lipinski definition) is 4. The summed E-state index contributed by atoms with van der Waals surface area (Å²) < 4.78 is 27.4. The van der Waals surface area contributed by atoms with E-state index in [2.05, 4.69) is 4.72 Å². The second-order valence-corrected chi connectivity index (χ2v) is 6.93. The van der Waals surface area contributed by atoms with Crippen molar-refractivity contribution in [2.75, 3.05) is 0 Å². The Labute approximate surface area is 129 Å². The van der Waals surface area contributed by atoms with Gasteiger partial charge in [0.25, 0.3) is 5.69 Å². The first-order valence-corrected chi connectivity index (χ1v) is 8.55. The Morgan fingerprint density at radius 1 is 1.38 bits per heavy atom. The molecule has 118 valence electrons. The number of nitrogens with zero attached hydrogens (tertiary/aromatic N) is 1. The summed E-state index contributed by atoms with van der Waals surface area (Å²) in [6.07, 6.45) is 2.22. The fraction of sp³-hybridized carbons (Fsp3) is 0.538. The summed E-state index contributed by atoms with van der Waals surface area (Å²) in [6, 6.07) is 2.13. The number of aryl methyl sites for hydroxylation is 1. The number of nitro benzene ring substituents is 1. The maximum atomic E-state index is 12.4. The highest BCUT2D eigenvalue weighted by molar-refractivity contribution is 7.89. The van der Waals surface area contributed by atoms with Crippen molar-refractivity contribution in [3.8, 4) is 0 Å². The Balaban J connectivity index is 3.25. The van der Waals surface area contributed by atoms with E-state index in [-0.39, 0.29) is 16.0 Å². The molecule has 21 heavy (non-hydrogen) atoms. The van der Waals surface area contributed by atoms with E-state index in [1.807, 2.05) is 13.8 Å². The fourth-order valence-electron chi connectivity index (χ4n) is 2.05. The van der Waals surface area contributed by atoms with Crippen molar-refractivity contribution in [1.82, 2.24) is 4.72 Å². The fourth-order valence-corrected chi connectivity index (χ4v) is 3.94. The molecule has 0 aliphatic rings. The minimum absolute atomic E-state index is 0.0722. The van der Waals surface area contributed by atoms with Gasteiger partial charge in [-0.3, -0.25) is 10.1 Å². The lowest BCUT2D eigenvalue weighted by molar-refractivity contribution is -0.384. The normalized spacial score (nSPS) is 13.1. The van der Waals surface area contributed by atoms with Crippen LogP contribution in [0.25, 0.3) is 0 Å². The molecule has 8 heteroatoms. The Hall–Kier alpha value is -1.18. The zero-order valence-electron chi connectivity index (χ0n) is 12.2. The van der Waals surface area contributed by atoms with E-state index in [1.165, 1.54) is 6.07 Å². The van der Waals surface area contributed by atoms with Crippen LogP contribution in [0.2, 0.25) is 5.02 Å². The van der Waals surface area contributed by atoms with E-state index in [9.17, 15) is 18.5 Å². The van der Waals surface area contributed by atoms with Gasteiger partial charge in [0.2, 0.25) is 10.0 Å². The van der Waals surface area contributed by atoms with E-state index >= 15 is 0 Å². The Morgan fingerprint density at radius 3 is 2.48 bits per heavy atom. The van der Waals surface area contributed by atoms with Crippen LogP contribution in [0.3, 0.4) is 0 Å². The number of hydrogen-bond donors (Lipinski definition) is 1. The molecule has 0 aliphatic carbocycles. The first kappa shape index (κ1) is 17.9. The number of halogens is 1. The highest BCUT2D eigenvalue weighted by Crippen LogP contribution is 2.30. The number of benzene rings is 1. The van der Waals surface area contributed by atoms with Crippen molar-refractivity contribution >= 4 is 27.3 Å². The molecule has 0 saturated heterocycles. The molecule has 1 unspecified atom stereocenters. The van der Waals surface area contributed by atoms with Crippen molar-refractivity contribution in [3.05, 3.63) is 32.8 Å². The maximum absolute atomic E-state index is 12.4. The Kier molecular flexibility index (Phi) is 6.12. The molecule has 1 aromatic carbocycles. The highest BCUT2D eigenvalue weighted by Gasteiger charge is 2.25. The van der Waals surface area contributed by atoms with E-state index < -0.39 is 20.6 Å². The lowest BCUT2D eigenvalue weighted by Gasteiger charge is -2.17. The summed E-state index contributed by atoms with van der Waals surface area (Å²) >= 11 is 5.77. The summed E-state index contributed by atoms with van der Waals surface area (Å²) in [7, 11) is -3.81. The van der Waals surface area contributed by atoms with Gasteiger partial charge < -0.3 is 0 Å². The lowest BCUT2D eigenvalue weighted by atomic mass is 10.1. The third-order valence-electron chi connectivity index (χ3n) is 3.18. The van der Waals surface area contributed by atoms with Crippen molar-refractivity contribution in [3.63, 3.8) is 0 Å². The van der Waals surface area contributed by atoms with Gasteiger partial charge in [0.1, 0.15) is 5.02 Å². The van der Waals surface area contributed by atoms with Gasteiger partial charge in [0, 0.05) is 12.1 Å². The van der Waals surface area contributed by atoms with Gasteiger partial charge in [-0.1, -0.05) is 31.9 Å². The van der Waals surface area contributed by atoms with Gasteiger partial charge in [0.05, 0.1) is 9.82 Å². The van der Waals surface area contributed by atoms with Crippen molar-refractivity contribution < 1.29 is 13.3 Å². The van der Waals surface area contributed by atoms with Crippen LogP contribution in [0.5, 0.6) is 0 Å². The monoisotopic (exact) mass is 334 g/mol. The smallest absolute Gasteiger partial charge is 0.258 e. The third-order valence-corrected chi connectivity index (χ3v) is 5.15. The molecule has 1 N–H and O–H groups in total. The molecule has 0 radical (unpaired) electrons. The topological polar surface area (TPSA) is 89.3 Å². The van der Waals surface area contributed by atoms with E-state index in [4.69, 9.17) is 11.6 Å². The predicted octanol–water partition coefficient (Wildman–Crippen LogP) is 3.41. The van der Waals surface area contributed by atoms with Crippen LogP contribution in [-0.2, 0) is 10.0 Å². The molecule has 0 heterocycles. The molecule has 0 bridgehead atoms. The average molecular weight is 335 g/mol. The molecule has 0 amide bonds. The molecular formula is C13H19ClN2O4S. The van der Waals surface area contributed by atoms with E-state index in [0.29, 0.717) is 18.4 Å². The van der Waals surface area contributed by atoms with Crippen LogP contribution in [-0.4, -0.2) is 19.4 Å². The van der Waals surface area contributed by atoms with Gasteiger partial charge in [-0.2, -0.15) is 0 Å². The van der Waals surface area contributed by atoms with E-state index in [1.54, 1.807) is 6.92 Å².